The van der Waals surface area contributed by atoms with Crippen LogP contribution in [0.25, 0.3) is 0 Å². The molecule has 1 aromatic rings. The highest BCUT2D eigenvalue weighted by atomic mass is 16.5. The fourth-order valence-electron chi connectivity index (χ4n) is 1.88. The molecule has 1 atom stereocenters. The van der Waals surface area contributed by atoms with Crippen molar-refractivity contribution in [3.8, 4) is 0 Å². The molecule has 0 aliphatic rings. The number of methoxy groups -OCH3 is 1. The summed E-state index contributed by atoms with van der Waals surface area (Å²) in [5, 5.41) is 10.2. The Balaban J connectivity index is 2.71. The Labute approximate surface area is 105 Å². The monoisotopic (exact) mass is 236 g/mol. The Kier molecular flexibility index (Phi) is 4.72. The Morgan fingerprint density at radius 3 is 2.53 bits per heavy atom. The van der Waals surface area contributed by atoms with E-state index < -0.39 is 6.10 Å². The molecule has 0 amide bonds. The number of hydrogen-bond donors (Lipinski definition) is 1. The van der Waals surface area contributed by atoms with E-state index in [9.17, 15) is 5.11 Å². The average molecular weight is 236 g/mol. The maximum Gasteiger partial charge on any atom is 0.0793 e. The van der Waals surface area contributed by atoms with E-state index in [1.165, 1.54) is 11.1 Å². The van der Waals surface area contributed by atoms with Crippen LogP contribution in [0.2, 0.25) is 0 Å². The predicted octanol–water partition coefficient (Wildman–Crippen LogP) is 3.54. The molecule has 0 spiro atoms. The van der Waals surface area contributed by atoms with Crippen LogP contribution in [0.3, 0.4) is 0 Å². The van der Waals surface area contributed by atoms with Crippen molar-refractivity contribution in [2.75, 3.05) is 7.11 Å². The molecule has 0 radical (unpaired) electrons. The summed E-state index contributed by atoms with van der Waals surface area (Å²) in [6.45, 7) is 8.23. The molecule has 17 heavy (non-hydrogen) atoms. The number of aliphatic hydroxyl groups is 1. The fourth-order valence-corrected chi connectivity index (χ4v) is 1.88. The second-order valence-corrected chi connectivity index (χ2v) is 5.31. The summed E-state index contributed by atoms with van der Waals surface area (Å²) in [7, 11) is 1.71. The lowest BCUT2D eigenvalue weighted by Gasteiger charge is -2.25. The lowest BCUT2D eigenvalue weighted by molar-refractivity contribution is 0.00273. The van der Waals surface area contributed by atoms with Crippen LogP contribution in [0.15, 0.2) is 18.2 Å². The van der Waals surface area contributed by atoms with E-state index >= 15 is 0 Å². The van der Waals surface area contributed by atoms with E-state index in [-0.39, 0.29) is 5.60 Å². The van der Waals surface area contributed by atoms with Crippen LogP contribution in [-0.2, 0) is 4.74 Å². The van der Waals surface area contributed by atoms with Gasteiger partial charge < -0.3 is 9.84 Å². The van der Waals surface area contributed by atoms with Crippen molar-refractivity contribution in [2.24, 2.45) is 0 Å². The topological polar surface area (TPSA) is 29.5 Å². The van der Waals surface area contributed by atoms with E-state index in [2.05, 4.69) is 19.9 Å². The Bertz CT molecular complexity index is 369. The molecule has 0 heterocycles. The molecule has 1 aromatic carbocycles. The molecular weight excluding hydrogens is 212 g/mol. The van der Waals surface area contributed by atoms with Crippen molar-refractivity contribution in [1.82, 2.24) is 0 Å². The highest BCUT2D eigenvalue weighted by Gasteiger charge is 2.19. The molecule has 0 aromatic heterocycles. The van der Waals surface area contributed by atoms with Crippen LogP contribution < -0.4 is 0 Å². The lowest BCUT2D eigenvalue weighted by atomic mass is 9.93. The second kappa shape index (κ2) is 5.65. The molecule has 0 aliphatic carbocycles. The van der Waals surface area contributed by atoms with Gasteiger partial charge >= 0.3 is 0 Å². The molecule has 1 N–H and O–H groups in total. The number of aliphatic hydroxyl groups excluding tert-OH is 1. The first-order chi connectivity index (χ1) is 7.87. The lowest BCUT2D eigenvalue weighted by Crippen LogP contribution is -2.23. The number of hydrogen-bond acceptors (Lipinski definition) is 2. The molecule has 0 bridgehead atoms. The minimum Gasteiger partial charge on any atom is -0.388 e. The van der Waals surface area contributed by atoms with Crippen molar-refractivity contribution in [2.45, 2.75) is 52.2 Å². The summed E-state index contributed by atoms with van der Waals surface area (Å²) in [5.74, 6) is 0. The fraction of sp³-hybridized carbons (Fsp3) is 0.600. The summed E-state index contributed by atoms with van der Waals surface area (Å²) in [6.07, 6.45) is 1.17. The zero-order valence-electron chi connectivity index (χ0n) is 11.6. The summed E-state index contributed by atoms with van der Waals surface area (Å²) in [5.41, 5.74) is 3.29. The minimum absolute atomic E-state index is 0.168. The standard InChI is InChI=1S/C15H24O2/c1-11-7-6-8-13(12(11)2)14(16)9-10-15(3,4)17-5/h6-8,14,16H,9-10H2,1-5H3. The molecule has 96 valence electrons. The van der Waals surface area contributed by atoms with E-state index in [0.29, 0.717) is 0 Å². The van der Waals surface area contributed by atoms with Gasteiger partial charge in [0.15, 0.2) is 0 Å². The first kappa shape index (κ1) is 14.2. The van der Waals surface area contributed by atoms with Crippen molar-refractivity contribution in [3.63, 3.8) is 0 Å². The van der Waals surface area contributed by atoms with E-state index in [0.717, 1.165) is 18.4 Å². The maximum absolute atomic E-state index is 10.2. The Morgan fingerprint density at radius 2 is 1.94 bits per heavy atom. The van der Waals surface area contributed by atoms with Gasteiger partial charge in [0.25, 0.3) is 0 Å². The molecule has 0 fully saturated rings. The van der Waals surface area contributed by atoms with Gasteiger partial charge in [-0.2, -0.15) is 0 Å². The number of rotatable bonds is 5. The normalized spacial score (nSPS) is 13.8. The smallest absolute Gasteiger partial charge is 0.0793 e. The summed E-state index contributed by atoms with van der Waals surface area (Å²) >= 11 is 0. The summed E-state index contributed by atoms with van der Waals surface area (Å²) in [4.78, 5) is 0. The highest BCUT2D eigenvalue weighted by molar-refractivity contribution is 5.34. The third-order valence-corrected chi connectivity index (χ3v) is 3.58. The van der Waals surface area contributed by atoms with Crippen LogP contribution in [0.1, 0.15) is 49.5 Å². The minimum atomic E-state index is -0.399. The SMILES string of the molecule is COC(C)(C)CCC(O)c1cccc(C)c1C. The van der Waals surface area contributed by atoms with Crippen LogP contribution in [0, 0.1) is 13.8 Å². The maximum atomic E-state index is 10.2. The van der Waals surface area contributed by atoms with Crippen molar-refractivity contribution >= 4 is 0 Å². The van der Waals surface area contributed by atoms with Gasteiger partial charge in [-0.25, -0.2) is 0 Å². The van der Waals surface area contributed by atoms with Gasteiger partial charge in [-0.15, -0.1) is 0 Å². The van der Waals surface area contributed by atoms with E-state index in [1.54, 1.807) is 7.11 Å². The number of ether oxygens (including phenoxy) is 1. The van der Waals surface area contributed by atoms with Gasteiger partial charge in [0.05, 0.1) is 11.7 Å². The molecular formula is C15H24O2. The first-order valence-corrected chi connectivity index (χ1v) is 6.17. The molecule has 0 saturated heterocycles. The van der Waals surface area contributed by atoms with Crippen LogP contribution in [-0.4, -0.2) is 17.8 Å². The van der Waals surface area contributed by atoms with E-state index in [1.807, 2.05) is 26.0 Å². The molecule has 0 saturated carbocycles. The van der Waals surface area contributed by atoms with Gasteiger partial charge in [0.2, 0.25) is 0 Å². The number of aryl methyl sites for hydroxylation is 1. The van der Waals surface area contributed by atoms with Crippen molar-refractivity contribution < 1.29 is 9.84 Å². The average Bonchev–Trinajstić information content (AvgIpc) is 2.30. The molecule has 1 rings (SSSR count). The number of benzene rings is 1. The summed E-state index contributed by atoms with van der Waals surface area (Å²) < 4.78 is 5.37. The zero-order valence-corrected chi connectivity index (χ0v) is 11.6. The van der Waals surface area contributed by atoms with Gasteiger partial charge in [-0.1, -0.05) is 18.2 Å². The highest BCUT2D eigenvalue weighted by Crippen LogP contribution is 2.27. The van der Waals surface area contributed by atoms with Crippen LogP contribution in [0.5, 0.6) is 0 Å². The Morgan fingerprint density at radius 1 is 1.29 bits per heavy atom. The second-order valence-electron chi connectivity index (χ2n) is 5.31. The van der Waals surface area contributed by atoms with E-state index in [4.69, 9.17) is 4.74 Å². The van der Waals surface area contributed by atoms with Gasteiger partial charge in [0.1, 0.15) is 0 Å². The third kappa shape index (κ3) is 3.83. The van der Waals surface area contributed by atoms with Crippen molar-refractivity contribution in [1.29, 1.82) is 0 Å². The van der Waals surface area contributed by atoms with Gasteiger partial charge in [-0.3, -0.25) is 0 Å². The largest absolute Gasteiger partial charge is 0.388 e. The molecule has 1 unspecified atom stereocenters. The quantitative estimate of drug-likeness (QED) is 0.847. The summed E-state index contributed by atoms with van der Waals surface area (Å²) in [6, 6.07) is 6.08. The van der Waals surface area contributed by atoms with Gasteiger partial charge in [-0.05, 0) is 57.2 Å². The van der Waals surface area contributed by atoms with Crippen LogP contribution in [0.4, 0.5) is 0 Å². The third-order valence-electron chi connectivity index (χ3n) is 3.58. The zero-order chi connectivity index (χ0) is 13.1. The molecule has 2 nitrogen and oxygen atoms in total. The Hall–Kier alpha value is -0.860. The predicted molar refractivity (Wildman–Crippen MR) is 71.2 cm³/mol. The molecule has 0 aliphatic heterocycles. The first-order valence-electron chi connectivity index (χ1n) is 6.17. The van der Waals surface area contributed by atoms with Gasteiger partial charge in [0, 0.05) is 7.11 Å². The van der Waals surface area contributed by atoms with Crippen LogP contribution >= 0.6 is 0 Å². The molecule has 2 heteroatoms. The van der Waals surface area contributed by atoms with Crippen molar-refractivity contribution in [3.05, 3.63) is 34.9 Å².